The van der Waals surface area contributed by atoms with E-state index in [0.29, 0.717) is 11.5 Å². The third-order valence-corrected chi connectivity index (χ3v) is 2.82. The predicted molar refractivity (Wildman–Crippen MR) is 67.4 cm³/mol. The Bertz CT molecular complexity index is 531. The summed E-state index contributed by atoms with van der Waals surface area (Å²) in [6.07, 6.45) is 1.51. The highest BCUT2D eigenvalue weighted by molar-refractivity contribution is 5.93. The number of nitrogens with zero attached hydrogens (tertiary/aromatic N) is 1. The fourth-order valence-electron chi connectivity index (χ4n) is 1.58. The van der Waals surface area contributed by atoms with E-state index in [1.807, 2.05) is 13.8 Å². The van der Waals surface area contributed by atoms with Crippen molar-refractivity contribution < 1.29 is 18.8 Å². The summed E-state index contributed by atoms with van der Waals surface area (Å²) in [4.78, 5) is 11.9. The van der Waals surface area contributed by atoms with Gasteiger partial charge in [0.25, 0.3) is 5.91 Å². The van der Waals surface area contributed by atoms with Crippen molar-refractivity contribution in [3.05, 3.63) is 30.2 Å². The normalized spacial score (nSPS) is 12.6. The van der Waals surface area contributed by atoms with E-state index in [-0.39, 0.29) is 30.2 Å². The van der Waals surface area contributed by atoms with Gasteiger partial charge in [0.1, 0.15) is 0 Å². The summed E-state index contributed by atoms with van der Waals surface area (Å²) < 4.78 is 10.2. The van der Waals surface area contributed by atoms with Crippen molar-refractivity contribution >= 4 is 5.91 Å². The Morgan fingerprint density at radius 1 is 1.47 bits per heavy atom. The zero-order valence-corrected chi connectivity index (χ0v) is 10.8. The molecule has 0 saturated heterocycles. The van der Waals surface area contributed by atoms with E-state index in [1.54, 1.807) is 12.1 Å². The van der Waals surface area contributed by atoms with Crippen LogP contribution in [0.25, 0.3) is 11.5 Å². The highest BCUT2D eigenvalue weighted by Gasteiger charge is 2.20. The SMILES string of the molecule is CC(C)[C@@H](CO)NC(=O)c1cc(-c2ccco2)on1. The molecule has 0 bridgehead atoms. The Balaban J connectivity index is 2.08. The van der Waals surface area contributed by atoms with Crippen LogP contribution in [0.4, 0.5) is 0 Å². The van der Waals surface area contributed by atoms with Crippen LogP contribution < -0.4 is 5.32 Å². The summed E-state index contributed by atoms with van der Waals surface area (Å²) in [6, 6.07) is 4.63. The molecule has 0 saturated carbocycles. The number of carbonyl (C=O) groups excluding carboxylic acids is 1. The molecule has 0 aromatic carbocycles. The van der Waals surface area contributed by atoms with Crippen molar-refractivity contribution in [2.24, 2.45) is 5.92 Å². The first-order valence-electron chi connectivity index (χ1n) is 6.04. The third kappa shape index (κ3) is 3.03. The van der Waals surface area contributed by atoms with E-state index in [9.17, 15) is 9.90 Å². The van der Waals surface area contributed by atoms with Crippen LogP contribution in [0.5, 0.6) is 0 Å². The molecule has 0 aliphatic carbocycles. The average Bonchev–Trinajstić information content (AvgIpc) is 3.04. The monoisotopic (exact) mass is 264 g/mol. The minimum absolute atomic E-state index is 0.119. The Kier molecular flexibility index (Phi) is 4.01. The summed E-state index contributed by atoms with van der Waals surface area (Å²) in [5.41, 5.74) is 0.158. The molecular weight excluding hydrogens is 248 g/mol. The molecule has 6 nitrogen and oxygen atoms in total. The van der Waals surface area contributed by atoms with Gasteiger partial charge in [-0.05, 0) is 18.1 Å². The molecule has 102 valence electrons. The lowest BCUT2D eigenvalue weighted by Gasteiger charge is -2.18. The Hall–Kier alpha value is -2.08. The summed E-state index contributed by atoms with van der Waals surface area (Å²) in [7, 11) is 0. The molecule has 2 heterocycles. The summed E-state index contributed by atoms with van der Waals surface area (Å²) >= 11 is 0. The second kappa shape index (κ2) is 5.71. The summed E-state index contributed by atoms with van der Waals surface area (Å²) in [5.74, 6) is 0.647. The highest BCUT2D eigenvalue weighted by Crippen LogP contribution is 2.20. The van der Waals surface area contributed by atoms with Gasteiger partial charge in [0.05, 0.1) is 18.9 Å². The van der Waals surface area contributed by atoms with Crippen molar-refractivity contribution in [3.63, 3.8) is 0 Å². The fourth-order valence-corrected chi connectivity index (χ4v) is 1.58. The molecule has 1 atom stereocenters. The van der Waals surface area contributed by atoms with E-state index in [0.717, 1.165) is 0 Å². The van der Waals surface area contributed by atoms with E-state index in [2.05, 4.69) is 10.5 Å². The van der Waals surface area contributed by atoms with Crippen molar-refractivity contribution in [2.45, 2.75) is 19.9 Å². The Morgan fingerprint density at radius 2 is 2.26 bits per heavy atom. The topological polar surface area (TPSA) is 88.5 Å². The molecule has 2 aromatic heterocycles. The summed E-state index contributed by atoms with van der Waals surface area (Å²) in [5, 5.41) is 15.6. The number of rotatable bonds is 5. The van der Waals surface area contributed by atoms with Crippen LogP contribution >= 0.6 is 0 Å². The van der Waals surface area contributed by atoms with E-state index in [1.165, 1.54) is 12.3 Å². The number of hydrogen-bond donors (Lipinski definition) is 2. The van der Waals surface area contributed by atoms with Gasteiger partial charge >= 0.3 is 0 Å². The first-order valence-corrected chi connectivity index (χ1v) is 6.04. The minimum Gasteiger partial charge on any atom is -0.461 e. The summed E-state index contributed by atoms with van der Waals surface area (Å²) in [6.45, 7) is 3.71. The van der Waals surface area contributed by atoms with Crippen LogP contribution in [-0.4, -0.2) is 28.8 Å². The molecule has 0 unspecified atom stereocenters. The van der Waals surface area contributed by atoms with Gasteiger partial charge in [0.2, 0.25) is 5.76 Å². The first-order chi connectivity index (χ1) is 9.11. The van der Waals surface area contributed by atoms with Gasteiger partial charge in [-0.3, -0.25) is 4.79 Å². The van der Waals surface area contributed by atoms with Crippen LogP contribution in [0.2, 0.25) is 0 Å². The zero-order chi connectivity index (χ0) is 13.8. The van der Waals surface area contributed by atoms with Gasteiger partial charge in [-0.15, -0.1) is 0 Å². The molecule has 6 heteroatoms. The molecule has 0 spiro atoms. The van der Waals surface area contributed by atoms with E-state index >= 15 is 0 Å². The number of hydrogen-bond acceptors (Lipinski definition) is 5. The van der Waals surface area contributed by atoms with Crippen LogP contribution in [0.15, 0.2) is 33.4 Å². The number of nitrogens with one attached hydrogen (secondary N) is 1. The number of amides is 1. The van der Waals surface area contributed by atoms with Crippen molar-refractivity contribution in [1.82, 2.24) is 10.5 Å². The third-order valence-electron chi connectivity index (χ3n) is 2.82. The van der Waals surface area contributed by atoms with Gasteiger partial charge in [-0.25, -0.2) is 0 Å². The largest absolute Gasteiger partial charge is 0.461 e. The zero-order valence-electron chi connectivity index (χ0n) is 10.8. The quantitative estimate of drug-likeness (QED) is 0.857. The maximum atomic E-state index is 11.9. The number of furan rings is 1. The number of carbonyl (C=O) groups is 1. The predicted octanol–water partition coefficient (Wildman–Crippen LogP) is 1.68. The maximum Gasteiger partial charge on any atom is 0.273 e. The Morgan fingerprint density at radius 3 is 2.84 bits per heavy atom. The lowest BCUT2D eigenvalue weighted by molar-refractivity contribution is 0.0887. The van der Waals surface area contributed by atoms with Gasteiger partial charge in [-0.1, -0.05) is 19.0 Å². The number of aromatic nitrogens is 1. The first kappa shape index (κ1) is 13.4. The van der Waals surface area contributed by atoms with Gasteiger partial charge in [-0.2, -0.15) is 0 Å². The van der Waals surface area contributed by atoms with Gasteiger partial charge in [0.15, 0.2) is 11.5 Å². The molecule has 1 amide bonds. The van der Waals surface area contributed by atoms with Crippen LogP contribution in [0, 0.1) is 5.92 Å². The fraction of sp³-hybridized carbons (Fsp3) is 0.385. The maximum absolute atomic E-state index is 11.9. The van der Waals surface area contributed by atoms with E-state index < -0.39 is 0 Å². The second-order valence-electron chi connectivity index (χ2n) is 4.56. The molecule has 2 aromatic rings. The molecule has 0 fully saturated rings. The van der Waals surface area contributed by atoms with Crippen molar-refractivity contribution in [1.29, 1.82) is 0 Å². The minimum atomic E-state index is -0.380. The van der Waals surface area contributed by atoms with Crippen LogP contribution in [0.1, 0.15) is 24.3 Å². The Labute approximate surface area is 110 Å². The number of aliphatic hydroxyl groups excluding tert-OH is 1. The van der Waals surface area contributed by atoms with E-state index in [4.69, 9.17) is 8.94 Å². The van der Waals surface area contributed by atoms with Crippen LogP contribution in [-0.2, 0) is 0 Å². The molecule has 0 radical (unpaired) electrons. The lowest BCUT2D eigenvalue weighted by Crippen LogP contribution is -2.41. The number of aliphatic hydroxyl groups is 1. The van der Waals surface area contributed by atoms with Crippen molar-refractivity contribution in [3.8, 4) is 11.5 Å². The van der Waals surface area contributed by atoms with Crippen LogP contribution in [0.3, 0.4) is 0 Å². The van der Waals surface area contributed by atoms with Gasteiger partial charge < -0.3 is 19.4 Å². The average molecular weight is 264 g/mol. The molecule has 0 aliphatic heterocycles. The standard InChI is InChI=1S/C13H16N2O4/c1-8(2)10(7-16)14-13(17)9-6-12(19-15-9)11-4-3-5-18-11/h3-6,8,10,16H,7H2,1-2H3,(H,14,17)/t10-/m1/s1. The lowest BCUT2D eigenvalue weighted by atomic mass is 10.1. The van der Waals surface area contributed by atoms with Crippen molar-refractivity contribution in [2.75, 3.05) is 6.61 Å². The smallest absolute Gasteiger partial charge is 0.273 e. The molecule has 2 N–H and O–H groups in total. The second-order valence-corrected chi connectivity index (χ2v) is 4.56. The molecule has 2 rings (SSSR count). The molecule has 0 aliphatic rings. The van der Waals surface area contributed by atoms with Gasteiger partial charge in [0, 0.05) is 6.07 Å². The molecular formula is C13H16N2O4. The molecule has 19 heavy (non-hydrogen) atoms. The highest BCUT2D eigenvalue weighted by atomic mass is 16.5.